The molecule has 4 nitrogen and oxygen atoms in total. The van der Waals surface area contributed by atoms with E-state index >= 15 is 0 Å². The summed E-state index contributed by atoms with van der Waals surface area (Å²) in [4.78, 5) is 4.28. The van der Waals surface area contributed by atoms with Gasteiger partial charge in [0.1, 0.15) is 11.6 Å². The smallest absolute Gasteiger partial charge is 0.231 e. The van der Waals surface area contributed by atoms with E-state index in [0.29, 0.717) is 17.9 Å². The first-order valence-electron chi connectivity index (χ1n) is 5.22. The number of hydrogen-bond donors (Lipinski definition) is 1. The van der Waals surface area contributed by atoms with Gasteiger partial charge in [0.25, 0.3) is 0 Å². The zero-order valence-corrected chi connectivity index (χ0v) is 9.82. The van der Waals surface area contributed by atoms with E-state index in [2.05, 4.69) is 11.1 Å². The molecule has 0 amide bonds. The fourth-order valence-electron chi connectivity index (χ4n) is 1.47. The predicted octanol–water partition coefficient (Wildman–Crippen LogP) is 1.62. The molecule has 0 saturated heterocycles. The highest BCUT2D eigenvalue weighted by molar-refractivity contribution is 5.46. The minimum absolute atomic E-state index is 0.0133. The Bertz CT molecular complexity index is 408. The van der Waals surface area contributed by atoms with Gasteiger partial charge in [0.05, 0.1) is 7.11 Å². The molecule has 1 rings (SSSR count). The molecule has 0 saturated carbocycles. The van der Waals surface area contributed by atoms with Crippen LogP contribution in [0.25, 0.3) is 0 Å². The van der Waals surface area contributed by atoms with Crippen molar-refractivity contribution in [1.82, 2.24) is 4.98 Å². The standard InChI is InChI=1S/C12H16N2O2/c1-8(2)11-6-9(4-5-15)10(7-13)12(14-11)16-3/h6,8,15H,4-5H2,1-3H3. The van der Waals surface area contributed by atoms with Crippen molar-refractivity contribution in [2.24, 2.45) is 0 Å². The van der Waals surface area contributed by atoms with Crippen LogP contribution < -0.4 is 4.74 Å². The molecule has 1 heterocycles. The number of rotatable bonds is 4. The van der Waals surface area contributed by atoms with Crippen molar-refractivity contribution in [2.75, 3.05) is 13.7 Å². The van der Waals surface area contributed by atoms with Crippen molar-refractivity contribution in [1.29, 1.82) is 5.26 Å². The van der Waals surface area contributed by atoms with Crippen molar-refractivity contribution in [3.63, 3.8) is 0 Å². The first-order valence-corrected chi connectivity index (χ1v) is 5.22. The molecule has 0 aliphatic carbocycles. The molecule has 0 atom stereocenters. The zero-order chi connectivity index (χ0) is 12.1. The quantitative estimate of drug-likeness (QED) is 0.837. The Kier molecular flexibility index (Phi) is 4.27. The zero-order valence-electron chi connectivity index (χ0n) is 9.82. The molecule has 1 N–H and O–H groups in total. The number of nitriles is 1. The molecule has 16 heavy (non-hydrogen) atoms. The van der Waals surface area contributed by atoms with Crippen LogP contribution in [0.2, 0.25) is 0 Å². The Morgan fingerprint density at radius 2 is 2.25 bits per heavy atom. The first-order chi connectivity index (χ1) is 7.63. The molecule has 0 aliphatic rings. The van der Waals surface area contributed by atoms with E-state index in [1.807, 2.05) is 19.9 Å². The van der Waals surface area contributed by atoms with Crippen LogP contribution in [0.15, 0.2) is 6.07 Å². The lowest BCUT2D eigenvalue weighted by Crippen LogP contribution is -2.04. The van der Waals surface area contributed by atoms with Gasteiger partial charge < -0.3 is 9.84 Å². The van der Waals surface area contributed by atoms with Crippen LogP contribution in [0, 0.1) is 11.3 Å². The third kappa shape index (κ3) is 2.50. The van der Waals surface area contributed by atoms with Gasteiger partial charge in [-0.2, -0.15) is 5.26 Å². The van der Waals surface area contributed by atoms with Crippen molar-refractivity contribution < 1.29 is 9.84 Å². The number of aromatic nitrogens is 1. The van der Waals surface area contributed by atoms with Crippen LogP contribution in [-0.2, 0) is 6.42 Å². The Morgan fingerprint density at radius 1 is 1.56 bits per heavy atom. The van der Waals surface area contributed by atoms with E-state index in [4.69, 9.17) is 15.1 Å². The van der Waals surface area contributed by atoms with Crippen molar-refractivity contribution in [2.45, 2.75) is 26.2 Å². The van der Waals surface area contributed by atoms with Gasteiger partial charge in [0, 0.05) is 12.3 Å². The van der Waals surface area contributed by atoms with Crippen molar-refractivity contribution in [3.8, 4) is 11.9 Å². The molecule has 0 fully saturated rings. The molecule has 86 valence electrons. The summed E-state index contributed by atoms with van der Waals surface area (Å²) < 4.78 is 5.10. The lowest BCUT2D eigenvalue weighted by atomic mass is 10.0. The largest absolute Gasteiger partial charge is 0.480 e. The maximum Gasteiger partial charge on any atom is 0.231 e. The predicted molar refractivity (Wildman–Crippen MR) is 60.4 cm³/mol. The van der Waals surface area contributed by atoms with Gasteiger partial charge in [-0.1, -0.05) is 13.8 Å². The number of ether oxygens (including phenoxy) is 1. The van der Waals surface area contributed by atoms with Crippen molar-refractivity contribution in [3.05, 3.63) is 22.9 Å². The third-order valence-corrected chi connectivity index (χ3v) is 2.37. The number of aliphatic hydroxyl groups is 1. The number of hydrogen-bond acceptors (Lipinski definition) is 4. The van der Waals surface area contributed by atoms with Gasteiger partial charge in [0.2, 0.25) is 5.88 Å². The fourth-order valence-corrected chi connectivity index (χ4v) is 1.47. The highest BCUT2D eigenvalue weighted by atomic mass is 16.5. The molecule has 0 bridgehead atoms. The van der Waals surface area contributed by atoms with Crippen LogP contribution in [0.4, 0.5) is 0 Å². The van der Waals surface area contributed by atoms with Gasteiger partial charge in [-0.3, -0.25) is 0 Å². The number of nitrogens with zero attached hydrogens (tertiary/aromatic N) is 2. The second kappa shape index (κ2) is 5.47. The summed E-state index contributed by atoms with van der Waals surface area (Å²) in [6.45, 7) is 4.06. The molecule has 0 radical (unpaired) electrons. The van der Waals surface area contributed by atoms with E-state index in [1.54, 1.807) is 0 Å². The van der Waals surface area contributed by atoms with Gasteiger partial charge in [-0.25, -0.2) is 4.98 Å². The average Bonchev–Trinajstić information content (AvgIpc) is 2.28. The summed E-state index contributed by atoms with van der Waals surface area (Å²) in [7, 11) is 1.50. The fraction of sp³-hybridized carbons (Fsp3) is 0.500. The monoisotopic (exact) mass is 220 g/mol. The third-order valence-electron chi connectivity index (χ3n) is 2.37. The number of methoxy groups -OCH3 is 1. The second-order valence-electron chi connectivity index (χ2n) is 3.83. The molecule has 0 spiro atoms. The highest BCUT2D eigenvalue weighted by Crippen LogP contribution is 2.24. The van der Waals surface area contributed by atoms with Crippen LogP contribution in [0.3, 0.4) is 0 Å². The number of pyridine rings is 1. The molecule has 0 unspecified atom stereocenters. The summed E-state index contributed by atoms with van der Waals surface area (Å²) in [6, 6.07) is 3.93. The minimum atomic E-state index is 0.0133. The van der Waals surface area contributed by atoms with Gasteiger partial charge >= 0.3 is 0 Å². The topological polar surface area (TPSA) is 66.1 Å². The number of aliphatic hydroxyl groups excluding tert-OH is 1. The maximum absolute atomic E-state index is 9.03. The van der Waals surface area contributed by atoms with E-state index < -0.39 is 0 Å². The second-order valence-corrected chi connectivity index (χ2v) is 3.83. The van der Waals surface area contributed by atoms with E-state index in [-0.39, 0.29) is 12.5 Å². The molecule has 4 heteroatoms. The summed E-state index contributed by atoms with van der Waals surface area (Å²) in [5, 5.41) is 18.0. The Balaban J connectivity index is 3.32. The summed E-state index contributed by atoms with van der Waals surface area (Å²) in [6.07, 6.45) is 0.446. The molecule has 1 aromatic rings. The van der Waals surface area contributed by atoms with Crippen LogP contribution >= 0.6 is 0 Å². The lowest BCUT2D eigenvalue weighted by Gasteiger charge is -2.12. The molecule has 0 aliphatic heterocycles. The van der Waals surface area contributed by atoms with Crippen LogP contribution in [-0.4, -0.2) is 23.8 Å². The summed E-state index contributed by atoms with van der Waals surface area (Å²) >= 11 is 0. The van der Waals surface area contributed by atoms with Crippen LogP contribution in [0.1, 0.15) is 36.6 Å². The highest BCUT2D eigenvalue weighted by Gasteiger charge is 2.14. The normalized spacial score (nSPS) is 10.2. The molecule has 0 aromatic carbocycles. The SMILES string of the molecule is COc1nc(C(C)C)cc(CCO)c1C#N. The van der Waals surface area contributed by atoms with Crippen LogP contribution in [0.5, 0.6) is 5.88 Å². The average molecular weight is 220 g/mol. The maximum atomic E-state index is 9.03. The Morgan fingerprint density at radius 3 is 2.69 bits per heavy atom. The molecular formula is C12H16N2O2. The lowest BCUT2D eigenvalue weighted by molar-refractivity contribution is 0.299. The Labute approximate surface area is 95.5 Å². The minimum Gasteiger partial charge on any atom is -0.480 e. The summed E-state index contributed by atoms with van der Waals surface area (Å²) in [5.74, 6) is 0.608. The Hall–Kier alpha value is -1.60. The van der Waals surface area contributed by atoms with Gasteiger partial charge in [0.15, 0.2) is 0 Å². The molecule has 1 aromatic heterocycles. The molecular weight excluding hydrogens is 204 g/mol. The van der Waals surface area contributed by atoms with Gasteiger partial charge in [-0.05, 0) is 24.0 Å². The first kappa shape index (κ1) is 12.5. The van der Waals surface area contributed by atoms with E-state index in [0.717, 1.165) is 11.3 Å². The van der Waals surface area contributed by atoms with Crippen molar-refractivity contribution >= 4 is 0 Å². The van der Waals surface area contributed by atoms with E-state index in [9.17, 15) is 0 Å². The summed E-state index contributed by atoms with van der Waals surface area (Å²) in [5.41, 5.74) is 2.08. The van der Waals surface area contributed by atoms with Gasteiger partial charge in [-0.15, -0.1) is 0 Å². The van der Waals surface area contributed by atoms with E-state index in [1.165, 1.54) is 7.11 Å².